The third-order valence-corrected chi connectivity index (χ3v) is 4.82. The molecule has 2 fully saturated rings. The molecule has 2 aliphatic heterocycles. The van der Waals surface area contributed by atoms with Crippen LogP contribution in [0.5, 0.6) is 0 Å². The van der Waals surface area contributed by atoms with Gasteiger partial charge in [-0.15, -0.1) is 0 Å². The van der Waals surface area contributed by atoms with Gasteiger partial charge < -0.3 is 18.9 Å². The summed E-state index contributed by atoms with van der Waals surface area (Å²) in [4.78, 5) is 25.6. The van der Waals surface area contributed by atoms with Crippen molar-refractivity contribution in [2.45, 2.75) is 44.4 Å². The molecule has 2 rings (SSSR count). The lowest BCUT2D eigenvalue weighted by Gasteiger charge is -2.42. The van der Waals surface area contributed by atoms with E-state index in [9.17, 15) is 9.59 Å². The summed E-state index contributed by atoms with van der Waals surface area (Å²) in [5.41, 5.74) is 0. The zero-order valence-electron chi connectivity index (χ0n) is 14.2. The van der Waals surface area contributed by atoms with E-state index in [-0.39, 0.29) is 24.3 Å². The third kappa shape index (κ3) is 4.43. The quantitative estimate of drug-likeness (QED) is 0.672. The molecule has 2 heterocycles. The molecule has 7 heteroatoms. The van der Waals surface area contributed by atoms with Gasteiger partial charge in [0, 0.05) is 18.9 Å². The largest absolute Gasteiger partial charge is 0.469 e. The van der Waals surface area contributed by atoms with Gasteiger partial charge in [-0.3, -0.25) is 14.5 Å². The summed E-state index contributed by atoms with van der Waals surface area (Å²) >= 11 is 0. The van der Waals surface area contributed by atoms with Crippen LogP contribution in [-0.4, -0.2) is 69.2 Å². The first-order valence-electron chi connectivity index (χ1n) is 8.16. The Morgan fingerprint density at radius 2 is 1.96 bits per heavy atom. The van der Waals surface area contributed by atoms with E-state index in [2.05, 4.69) is 9.64 Å². The lowest BCUT2D eigenvalue weighted by molar-refractivity contribution is -0.195. The van der Waals surface area contributed by atoms with Gasteiger partial charge in [0.25, 0.3) is 0 Å². The molecule has 0 N–H and O–H groups in total. The van der Waals surface area contributed by atoms with Crippen molar-refractivity contribution in [3.63, 3.8) is 0 Å². The Balaban J connectivity index is 2.02. The van der Waals surface area contributed by atoms with Crippen LogP contribution >= 0.6 is 0 Å². The Morgan fingerprint density at radius 1 is 1.26 bits per heavy atom. The molecule has 0 saturated carbocycles. The van der Waals surface area contributed by atoms with E-state index in [1.807, 2.05) is 6.92 Å². The van der Waals surface area contributed by atoms with Crippen LogP contribution < -0.4 is 0 Å². The van der Waals surface area contributed by atoms with Gasteiger partial charge in [0.1, 0.15) is 6.04 Å². The molecule has 2 unspecified atom stereocenters. The van der Waals surface area contributed by atoms with Crippen LogP contribution in [0.2, 0.25) is 0 Å². The Hall–Kier alpha value is -1.18. The summed E-state index contributed by atoms with van der Waals surface area (Å²) in [5.74, 6) is -1.01. The van der Waals surface area contributed by atoms with Crippen LogP contribution in [0.3, 0.4) is 0 Å². The highest BCUT2D eigenvalue weighted by atomic mass is 16.7. The van der Waals surface area contributed by atoms with E-state index < -0.39 is 11.8 Å². The zero-order chi connectivity index (χ0) is 16.9. The molecular formula is C16H27NO6. The fourth-order valence-corrected chi connectivity index (χ4v) is 3.43. The van der Waals surface area contributed by atoms with Gasteiger partial charge in [0.05, 0.1) is 27.4 Å². The SMILES string of the molecule is COC(=O)CCC(C(=O)OC)N1CCCC(C2(C)OCCO2)C1. The van der Waals surface area contributed by atoms with Gasteiger partial charge in [-0.2, -0.15) is 0 Å². The predicted molar refractivity (Wildman–Crippen MR) is 81.7 cm³/mol. The summed E-state index contributed by atoms with van der Waals surface area (Å²) in [5, 5.41) is 0. The Bertz CT molecular complexity index is 421. The van der Waals surface area contributed by atoms with Crippen LogP contribution in [-0.2, 0) is 28.5 Å². The van der Waals surface area contributed by atoms with Crippen molar-refractivity contribution in [2.75, 3.05) is 40.5 Å². The number of likely N-dealkylation sites (tertiary alicyclic amines) is 1. The molecule has 2 saturated heterocycles. The molecule has 132 valence electrons. The molecular weight excluding hydrogens is 302 g/mol. The van der Waals surface area contributed by atoms with Crippen molar-refractivity contribution >= 4 is 11.9 Å². The average Bonchev–Trinajstić information content (AvgIpc) is 3.02. The first-order chi connectivity index (χ1) is 11.0. The van der Waals surface area contributed by atoms with Gasteiger partial charge in [0.2, 0.25) is 0 Å². The average molecular weight is 329 g/mol. The number of hydrogen-bond acceptors (Lipinski definition) is 7. The summed E-state index contributed by atoms with van der Waals surface area (Å²) in [6, 6.07) is -0.438. The number of piperidine rings is 1. The second kappa shape index (κ2) is 8.08. The minimum Gasteiger partial charge on any atom is -0.469 e. The zero-order valence-corrected chi connectivity index (χ0v) is 14.2. The Kier molecular flexibility index (Phi) is 6.38. The molecule has 0 spiro atoms. The van der Waals surface area contributed by atoms with Crippen molar-refractivity contribution in [1.29, 1.82) is 0 Å². The summed E-state index contributed by atoms with van der Waals surface area (Å²) in [6.07, 6.45) is 2.54. The lowest BCUT2D eigenvalue weighted by Crippen LogP contribution is -2.52. The number of esters is 2. The highest BCUT2D eigenvalue weighted by Gasteiger charge is 2.43. The number of methoxy groups -OCH3 is 2. The molecule has 0 aliphatic carbocycles. The number of hydrogen-bond donors (Lipinski definition) is 0. The predicted octanol–water partition coefficient (Wildman–Crippen LogP) is 0.956. The second-order valence-electron chi connectivity index (χ2n) is 6.20. The topological polar surface area (TPSA) is 74.3 Å². The maximum Gasteiger partial charge on any atom is 0.323 e. The van der Waals surface area contributed by atoms with E-state index in [4.69, 9.17) is 14.2 Å². The molecule has 2 atom stereocenters. The van der Waals surface area contributed by atoms with Crippen molar-refractivity contribution in [3.8, 4) is 0 Å². The van der Waals surface area contributed by atoms with E-state index >= 15 is 0 Å². The van der Waals surface area contributed by atoms with Crippen molar-refractivity contribution in [1.82, 2.24) is 4.90 Å². The first-order valence-corrected chi connectivity index (χ1v) is 8.16. The molecule has 0 aromatic carbocycles. The molecule has 0 amide bonds. The van der Waals surface area contributed by atoms with Gasteiger partial charge in [0.15, 0.2) is 5.79 Å². The summed E-state index contributed by atoms with van der Waals surface area (Å²) < 4.78 is 21.1. The number of carbonyl (C=O) groups is 2. The van der Waals surface area contributed by atoms with Gasteiger partial charge in [-0.1, -0.05) is 0 Å². The molecule has 0 aromatic heterocycles. The number of rotatable bonds is 6. The van der Waals surface area contributed by atoms with Crippen LogP contribution in [0.25, 0.3) is 0 Å². The number of ether oxygens (including phenoxy) is 4. The molecule has 7 nitrogen and oxygen atoms in total. The molecule has 0 radical (unpaired) electrons. The highest BCUT2D eigenvalue weighted by Crippen LogP contribution is 2.35. The van der Waals surface area contributed by atoms with Crippen molar-refractivity contribution in [3.05, 3.63) is 0 Å². The maximum atomic E-state index is 12.1. The van der Waals surface area contributed by atoms with Crippen molar-refractivity contribution < 1.29 is 28.5 Å². The summed E-state index contributed by atoms with van der Waals surface area (Å²) in [6.45, 7) is 4.67. The van der Waals surface area contributed by atoms with Crippen molar-refractivity contribution in [2.24, 2.45) is 5.92 Å². The monoisotopic (exact) mass is 329 g/mol. The van der Waals surface area contributed by atoms with E-state index in [1.165, 1.54) is 14.2 Å². The second-order valence-corrected chi connectivity index (χ2v) is 6.20. The molecule has 2 aliphatic rings. The first kappa shape index (κ1) is 18.2. The van der Waals surface area contributed by atoms with Crippen LogP contribution in [0, 0.1) is 5.92 Å². The summed E-state index contributed by atoms with van der Waals surface area (Å²) in [7, 11) is 2.72. The Labute approximate surface area is 137 Å². The smallest absolute Gasteiger partial charge is 0.323 e. The molecule has 0 bridgehead atoms. The van der Waals surface area contributed by atoms with Crippen LogP contribution in [0.4, 0.5) is 0 Å². The number of nitrogens with zero attached hydrogens (tertiary/aromatic N) is 1. The van der Waals surface area contributed by atoms with Gasteiger partial charge in [-0.25, -0.2) is 0 Å². The fraction of sp³-hybridized carbons (Fsp3) is 0.875. The van der Waals surface area contributed by atoms with E-state index in [0.717, 1.165) is 19.4 Å². The maximum absolute atomic E-state index is 12.1. The fourth-order valence-electron chi connectivity index (χ4n) is 3.43. The Morgan fingerprint density at radius 3 is 2.57 bits per heavy atom. The molecule has 23 heavy (non-hydrogen) atoms. The normalized spacial score (nSPS) is 25.8. The highest BCUT2D eigenvalue weighted by molar-refractivity contribution is 5.77. The van der Waals surface area contributed by atoms with Gasteiger partial charge in [-0.05, 0) is 32.7 Å². The minimum absolute atomic E-state index is 0.196. The third-order valence-electron chi connectivity index (χ3n) is 4.82. The number of carbonyl (C=O) groups excluding carboxylic acids is 2. The van der Waals surface area contributed by atoms with Crippen LogP contribution in [0.15, 0.2) is 0 Å². The van der Waals surface area contributed by atoms with Gasteiger partial charge >= 0.3 is 11.9 Å². The van der Waals surface area contributed by atoms with Crippen LogP contribution in [0.1, 0.15) is 32.6 Å². The molecule has 0 aromatic rings. The lowest BCUT2D eigenvalue weighted by atomic mass is 9.89. The van der Waals surface area contributed by atoms with E-state index in [0.29, 0.717) is 26.2 Å². The minimum atomic E-state index is -0.582. The van der Waals surface area contributed by atoms with E-state index in [1.54, 1.807) is 0 Å². The standard InChI is InChI=1S/C16H27NO6/c1-16(22-9-10-23-16)12-5-4-8-17(11-12)13(15(19)21-3)6-7-14(18)20-2/h12-13H,4-11H2,1-3H3.